The molecule has 1 aromatic heterocycles. The van der Waals surface area contributed by atoms with Gasteiger partial charge in [-0.15, -0.1) is 0 Å². The number of ether oxygens (including phenoxy) is 1. The third-order valence-corrected chi connectivity index (χ3v) is 5.51. The van der Waals surface area contributed by atoms with Crippen molar-refractivity contribution >= 4 is 17.4 Å². The summed E-state index contributed by atoms with van der Waals surface area (Å²) < 4.78 is 11.1. The third-order valence-electron chi connectivity index (χ3n) is 5.51. The van der Waals surface area contributed by atoms with Crippen LogP contribution in [-0.2, 0) is 9.59 Å². The zero-order chi connectivity index (χ0) is 23.5. The quantitative estimate of drug-likeness (QED) is 0.529. The molecule has 0 saturated carbocycles. The van der Waals surface area contributed by atoms with E-state index in [1.165, 1.54) is 4.90 Å². The summed E-state index contributed by atoms with van der Waals surface area (Å²) in [7, 11) is 0. The van der Waals surface area contributed by atoms with Crippen molar-refractivity contribution in [2.24, 2.45) is 5.92 Å². The van der Waals surface area contributed by atoms with Crippen molar-refractivity contribution in [3.05, 3.63) is 83.8 Å². The first kappa shape index (κ1) is 22.4. The highest BCUT2D eigenvalue weighted by Crippen LogP contribution is 2.44. The van der Waals surface area contributed by atoms with Crippen molar-refractivity contribution in [3.63, 3.8) is 0 Å². The molecule has 0 aliphatic carbocycles. The highest BCUT2D eigenvalue weighted by atomic mass is 16.5. The molecule has 0 spiro atoms. The van der Waals surface area contributed by atoms with Gasteiger partial charge in [-0.05, 0) is 42.5 Å². The first-order valence-electron chi connectivity index (χ1n) is 10.7. The Labute approximate surface area is 191 Å². The van der Waals surface area contributed by atoms with Crippen LogP contribution < -0.4 is 9.64 Å². The Morgan fingerprint density at radius 1 is 1.09 bits per heavy atom. The van der Waals surface area contributed by atoms with E-state index in [4.69, 9.17) is 9.15 Å². The Kier molecular flexibility index (Phi) is 6.33. The van der Waals surface area contributed by atoms with Crippen molar-refractivity contribution in [1.82, 2.24) is 0 Å². The lowest BCUT2D eigenvalue weighted by molar-refractivity contribution is -0.119. The monoisotopic (exact) mass is 447 g/mol. The maximum absolute atomic E-state index is 13.2. The van der Waals surface area contributed by atoms with Crippen LogP contribution in [0.4, 0.5) is 5.69 Å². The van der Waals surface area contributed by atoms with Gasteiger partial charge in [-0.25, -0.2) is 0 Å². The van der Waals surface area contributed by atoms with E-state index in [1.807, 2.05) is 18.2 Å². The third kappa shape index (κ3) is 4.15. The van der Waals surface area contributed by atoms with E-state index in [9.17, 15) is 19.8 Å². The van der Waals surface area contributed by atoms with E-state index >= 15 is 0 Å². The fourth-order valence-electron chi connectivity index (χ4n) is 3.95. The minimum Gasteiger partial charge on any atom is -0.503 e. The van der Waals surface area contributed by atoms with Gasteiger partial charge in [-0.3, -0.25) is 14.5 Å². The zero-order valence-electron chi connectivity index (χ0n) is 18.4. The van der Waals surface area contributed by atoms with Crippen LogP contribution in [0.5, 0.6) is 5.75 Å². The normalized spacial score (nSPS) is 16.1. The van der Waals surface area contributed by atoms with Crippen LogP contribution in [-0.4, -0.2) is 35.1 Å². The maximum Gasteiger partial charge on any atom is 0.294 e. The number of Topliss-reactive ketones (excluding diaryl/α,β-unsaturated/α-hetero) is 1. The Bertz CT molecular complexity index is 1180. The second-order valence-corrected chi connectivity index (χ2v) is 7.99. The average molecular weight is 447 g/mol. The Morgan fingerprint density at radius 3 is 2.45 bits per heavy atom. The van der Waals surface area contributed by atoms with Crippen LogP contribution in [0.25, 0.3) is 11.3 Å². The number of hydrogen-bond acceptors (Lipinski definition) is 6. The summed E-state index contributed by atoms with van der Waals surface area (Å²) in [5.74, 6) is -0.866. The lowest BCUT2D eigenvalue weighted by Gasteiger charge is -2.28. The second-order valence-electron chi connectivity index (χ2n) is 7.99. The van der Waals surface area contributed by atoms with Gasteiger partial charge in [0.1, 0.15) is 18.1 Å². The highest BCUT2D eigenvalue weighted by Gasteiger charge is 2.45. The Hall–Kier alpha value is -3.84. The van der Waals surface area contributed by atoms with E-state index in [0.717, 1.165) is 5.56 Å². The molecule has 0 radical (unpaired) electrons. The minimum absolute atomic E-state index is 0.0326. The van der Waals surface area contributed by atoms with Gasteiger partial charge in [0.2, 0.25) is 0 Å². The summed E-state index contributed by atoms with van der Waals surface area (Å²) in [5.41, 5.74) is 1.91. The van der Waals surface area contributed by atoms with E-state index in [0.29, 0.717) is 22.8 Å². The molecule has 3 aromatic rings. The minimum atomic E-state index is -0.878. The molecule has 7 heteroatoms. The van der Waals surface area contributed by atoms with Crippen LogP contribution in [0.1, 0.15) is 25.5 Å². The molecular weight excluding hydrogens is 422 g/mol. The number of anilines is 1. The Balaban J connectivity index is 1.83. The van der Waals surface area contributed by atoms with Crippen molar-refractivity contribution in [2.45, 2.75) is 19.9 Å². The fraction of sp³-hybridized carbons (Fsp3) is 0.231. The molecule has 7 nitrogen and oxygen atoms in total. The van der Waals surface area contributed by atoms with Crippen LogP contribution in [0, 0.1) is 5.92 Å². The molecule has 1 unspecified atom stereocenters. The molecule has 0 fully saturated rings. The number of amides is 1. The smallest absolute Gasteiger partial charge is 0.294 e. The largest absolute Gasteiger partial charge is 0.503 e. The topological polar surface area (TPSA) is 100 Å². The van der Waals surface area contributed by atoms with E-state index in [2.05, 4.69) is 0 Å². The molecule has 2 N–H and O–H groups in total. The first-order chi connectivity index (χ1) is 15.9. The number of ketones is 1. The molecule has 1 amide bonds. The summed E-state index contributed by atoms with van der Waals surface area (Å²) >= 11 is 0. The summed E-state index contributed by atoms with van der Waals surface area (Å²) in [6.07, 6.45) is 1.58. The number of carbonyl (C=O) groups is 2. The summed E-state index contributed by atoms with van der Waals surface area (Å²) in [4.78, 5) is 27.7. The van der Waals surface area contributed by atoms with Gasteiger partial charge in [0, 0.05) is 22.7 Å². The van der Waals surface area contributed by atoms with Crippen LogP contribution >= 0.6 is 0 Å². The Morgan fingerprint density at radius 2 is 1.82 bits per heavy atom. The molecular formula is C26H25NO6. The maximum atomic E-state index is 13.2. The van der Waals surface area contributed by atoms with Crippen LogP contribution in [0.15, 0.2) is 82.7 Å². The number of benzene rings is 2. The van der Waals surface area contributed by atoms with Gasteiger partial charge in [-0.1, -0.05) is 32.0 Å². The van der Waals surface area contributed by atoms with Crippen molar-refractivity contribution < 1.29 is 29.0 Å². The van der Waals surface area contributed by atoms with Gasteiger partial charge in [0.25, 0.3) is 5.91 Å². The van der Waals surface area contributed by atoms with Gasteiger partial charge in [0.05, 0.1) is 24.5 Å². The number of nitrogens with zero attached hydrogens (tertiary/aromatic N) is 1. The van der Waals surface area contributed by atoms with Gasteiger partial charge in [-0.2, -0.15) is 0 Å². The van der Waals surface area contributed by atoms with E-state index in [-0.39, 0.29) is 24.6 Å². The van der Waals surface area contributed by atoms with Gasteiger partial charge in [0.15, 0.2) is 11.5 Å². The number of aliphatic hydroxyl groups is 2. The molecule has 0 saturated heterocycles. The van der Waals surface area contributed by atoms with Gasteiger partial charge < -0.3 is 19.4 Å². The number of carbonyl (C=O) groups excluding carboxylic acids is 2. The van der Waals surface area contributed by atoms with Crippen molar-refractivity contribution in [1.29, 1.82) is 0 Å². The number of para-hydroxylation sites is 1. The van der Waals surface area contributed by atoms with E-state index in [1.54, 1.807) is 62.6 Å². The van der Waals surface area contributed by atoms with Crippen LogP contribution in [0.3, 0.4) is 0 Å². The highest BCUT2D eigenvalue weighted by molar-refractivity contribution is 6.17. The average Bonchev–Trinajstić information content (AvgIpc) is 3.45. The summed E-state index contributed by atoms with van der Waals surface area (Å²) in [6.45, 7) is 3.31. The van der Waals surface area contributed by atoms with Crippen LogP contribution in [0.2, 0.25) is 0 Å². The lowest BCUT2D eigenvalue weighted by atomic mass is 9.90. The predicted octanol–water partition coefficient (Wildman–Crippen LogP) is 4.44. The molecule has 4 rings (SSSR count). The standard InChI is InChI=1S/C26H25NO6/c1-16(2)24(29)22-23(19-6-3-4-7-21(19)33-15-13-28)27(26(31)25(22)30)18-11-9-17(10-12-18)20-8-5-14-32-20/h3-12,14,16,23,28,30H,13,15H2,1-2H3. The summed E-state index contributed by atoms with van der Waals surface area (Å²) in [6, 6.07) is 16.9. The van der Waals surface area contributed by atoms with Crippen molar-refractivity contribution in [3.8, 4) is 17.1 Å². The van der Waals surface area contributed by atoms with Gasteiger partial charge >= 0.3 is 0 Å². The summed E-state index contributed by atoms with van der Waals surface area (Å²) in [5, 5.41) is 20.0. The lowest BCUT2D eigenvalue weighted by Crippen LogP contribution is -2.31. The first-order valence-corrected chi connectivity index (χ1v) is 10.7. The number of furan rings is 1. The fourth-order valence-corrected chi connectivity index (χ4v) is 3.95. The van der Waals surface area contributed by atoms with Crippen molar-refractivity contribution in [2.75, 3.05) is 18.1 Å². The molecule has 33 heavy (non-hydrogen) atoms. The molecule has 2 heterocycles. The number of hydrogen-bond donors (Lipinski definition) is 2. The molecule has 2 aromatic carbocycles. The molecule has 1 aliphatic heterocycles. The zero-order valence-corrected chi connectivity index (χ0v) is 18.4. The molecule has 170 valence electrons. The second kappa shape index (κ2) is 9.34. The molecule has 1 atom stereocenters. The molecule has 1 aliphatic rings. The predicted molar refractivity (Wildman–Crippen MR) is 123 cm³/mol. The SMILES string of the molecule is CC(C)C(=O)C1=C(O)C(=O)N(c2ccc(-c3ccco3)cc2)C1c1ccccc1OCCO. The number of aliphatic hydroxyl groups excluding tert-OH is 2. The number of rotatable bonds is 8. The molecule has 0 bridgehead atoms. The van der Waals surface area contributed by atoms with E-state index < -0.39 is 23.6 Å².